The van der Waals surface area contributed by atoms with Crippen molar-refractivity contribution in [2.24, 2.45) is 11.3 Å². The Hall–Kier alpha value is -1.86. The highest BCUT2D eigenvalue weighted by atomic mass is 16.3. The molecule has 0 aromatic heterocycles. The fourth-order valence-corrected chi connectivity index (χ4v) is 3.55. The lowest BCUT2D eigenvalue weighted by molar-refractivity contribution is -0.145. The first-order valence-corrected chi connectivity index (χ1v) is 8.10. The predicted octanol–water partition coefficient (Wildman–Crippen LogP) is 2.65. The minimum atomic E-state index is -0.745. The first-order valence-electron chi connectivity index (χ1n) is 8.10. The fraction of sp³-hybridized carbons (Fsp3) is 0.556. The van der Waals surface area contributed by atoms with Gasteiger partial charge in [0.05, 0.1) is 12.2 Å². The third-order valence-electron chi connectivity index (χ3n) is 5.24. The van der Waals surface area contributed by atoms with Crippen molar-refractivity contribution in [1.82, 2.24) is 4.90 Å². The monoisotopic (exact) mass is 298 g/mol. The minimum Gasteiger partial charge on any atom is -0.388 e. The number of likely N-dealkylation sites (tertiary alicyclic amines) is 1. The zero-order valence-electron chi connectivity index (χ0n) is 12.7. The second-order valence-corrected chi connectivity index (χ2v) is 6.53. The quantitative estimate of drug-likeness (QED) is 0.933. The van der Waals surface area contributed by atoms with Gasteiger partial charge in [0, 0.05) is 13.1 Å². The molecule has 4 heteroatoms. The minimum absolute atomic E-state index is 0.00824. The van der Waals surface area contributed by atoms with E-state index in [4.69, 9.17) is 0 Å². The Morgan fingerprint density at radius 1 is 1.27 bits per heavy atom. The van der Waals surface area contributed by atoms with Crippen molar-refractivity contribution in [2.45, 2.75) is 38.2 Å². The van der Waals surface area contributed by atoms with Gasteiger partial charge in [-0.15, -0.1) is 0 Å². The number of nitrogens with zero attached hydrogens (tertiary/aromatic N) is 2. The number of piperidine rings is 1. The van der Waals surface area contributed by atoms with Gasteiger partial charge < -0.3 is 10.0 Å². The van der Waals surface area contributed by atoms with Crippen LogP contribution < -0.4 is 0 Å². The highest BCUT2D eigenvalue weighted by Gasteiger charge is 2.47. The number of carbonyl (C=O) groups is 1. The molecule has 0 bridgehead atoms. The lowest BCUT2D eigenvalue weighted by Crippen LogP contribution is -2.50. The largest absolute Gasteiger partial charge is 0.388 e. The molecule has 0 spiro atoms. The smallest absolute Gasteiger partial charge is 0.243 e. The van der Waals surface area contributed by atoms with Crippen molar-refractivity contribution >= 4 is 5.91 Å². The lowest BCUT2D eigenvalue weighted by Gasteiger charge is -2.41. The average molecular weight is 298 g/mol. The van der Waals surface area contributed by atoms with Crippen LogP contribution in [0.3, 0.4) is 0 Å². The van der Waals surface area contributed by atoms with E-state index in [0.29, 0.717) is 25.9 Å². The van der Waals surface area contributed by atoms with E-state index in [2.05, 4.69) is 6.07 Å². The van der Waals surface area contributed by atoms with Crippen LogP contribution in [0.5, 0.6) is 0 Å². The topological polar surface area (TPSA) is 64.3 Å². The van der Waals surface area contributed by atoms with Gasteiger partial charge in [0.25, 0.3) is 0 Å². The van der Waals surface area contributed by atoms with Crippen molar-refractivity contribution in [1.29, 1.82) is 5.26 Å². The van der Waals surface area contributed by atoms with Gasteiger partial charge in [-0.1, -0.05) is 30.3 Å². The summed E-state index contributed by atoms with van der Waals surface area (Å²) in [4.78, 5) is 14.4. The first-order chi connectivity index (χ1) is 10.7. The van der Waals surface area contributed by atoms with Crippen LogP contribution in [0.4, 0.5) is 0 Å². The molecule has 4 nitrogen and oxygen atoms in total. The number of aliphatic hydroxyl groups is 1. The highest BCUT2D eigenvalue weighted by molar-refractivity contribution is 5.86. The van der Waals surface area contributed by atoms with Crippen LogP contribution in [0.15, 0.2) is 30.3 Å². The Kier molecular flexibility index (Phi) is 4.17. The summed E-state index contributed by atoms with van der Waals surface area (Å²) in [6.07, 6.45) is 3.51. The highest BCUT2D eigenvalue weighted by Crippen LogP contribution is 2.43. The second kappa shape index (κ2) is 6.10. The summed E-state index contributed by atoms with van der Waals surface area (Å²) in [5.74, 6) is 0.194. The number of aliphatic hydroxyl groups excluding tert-OH is 1. The summed E-state index contributed by atoms with van der Waals surface area (Å²) in [6, 6.07) is 11.9. The van der Waals surface area contributed by atoms with Gasteiger partial charge in [0.2, 0.25) is 5.91 Å². The van der Waals surface area contributed by atoms with E-state index >= 15 is 0 Å². The molecule has 1 aromatic carbocycles. The molecule has 22 heavy (non-hydrogen) atoms. The molecule has 1 aromatic rings. The van der Waals surface area contributed by atoms with Crippen molar-refractivity contribution in [3.8, 4) is 6.07 Å². The van der Waals surface area contributed by atoms with Gasteiger partial charge in [-0.3, -0.25) is 4.79 Å². The maximum atomic E-state index is 12.5. The molecule has 1 aliphatic heterocycles. The van der Waals surface area contributed by atoms with Crippen LogP contribution in [0.25, 0.3) is 0 Å². The molecular weight excluding hydrogens is 276 g/mol. The Labute approximate surface area is 131 Å². The van der Waals surface area contributed by atoms with Crippen molar-refractivity contribution in [2.75, 3.05) is 13.1 Å². The van der Waals surface area contributed by atoms with E-state index in [0.717, 1.165) is 24.8 Å². The third kappa shape index (κ3) is 2.62. The Morgan fingerprint density at radius 3 is 2.41 bits per heavy atom. The molecule has 3 rings (SSSR count). The predicted molar refractivity (Wildman–Crippen MR) is 82.6 cm³/mol. The average Bonchev–Trinajstić information content (AvgIpc) is 2.54. The van der Waals surface area contributed by atoms with Gasteiger partial charge in [-0.2, -0.15) is 5.26 Å². The summed E-state index contributed by atoms with van der Waals surface area (Å²) >= 11 is 0. The zero-order valence-corrected chi connectivity index (χ0v) is 12.7. The Balaban J connectivity index is 1.59. The van der Waals surface area contributed by atoms with Gasteiger partial charge in [0.1, 0.15) is 5.41 Å². The standard InChI is InChI=1S/C18H22N2O2/c19-13-18(9-4-10-18)17(22)20-11-7-15(8-12-20)16(21)14-5-2-1-3-6-14/h1-3,5-6,15-16,21H,4,7-12H2. The molecule has 116 valence electrons. The normalized spacial score (nSPS) is 22.5. The molecule has 1 atom stereocenters. The summed E-state index contributed by atoms with van der Waals surface area (Å²) in [5, 5.41) is 19.8. The number of nitriles is 1. The number of hydrogen-bond donors (Lipinski definition) is 1. The summed E-state index contributed by atoms with van der Waals surface area (Å²) in [6.45, 7) is 1.30. The van der Waals surface area contributed by atoms with Gasteiger partial charge in [0.15, 0.2) is 0 Å². The lowest BCUT2D eigenvalue weighted by atomic mass is 9.68. The molecule has 1 N–H and O–H groups in total. The van der Waals surface area contributed by atoms with E-state index in [9.17, 15) is 15.2 Å². The number of carbonyl (C=O) groups excluding carboxylic acids is 1. The number of hydrogen-bond acceptors (Lipinski definition) is 3. The SMILES string of the molecule is N#CC1(C(=O)N2CCC(C(O)c3ccccc3)CC2)CCC1. The fourth-order valence-electron chi connectivity index (χ4n) is 3.55. The van der Waals surface area contributed by atoms with Crippen molar-refractivity contribution in [3.05, 3.63) is 35.9 Å². The van der Waals surface area contributed by atoms with Crippen LogP contribution in [0.2, 0.25) is 0 Å². The van der Waals surface area contributed by atoms with Crippen molar-refractivity contribution in [3.63, 3.8) is 0 Å². The van der Waals surface area contributed by atoms with Gasteiger partial charge in [-0.25, -0.2) is 0 Å². The second-order valence-electron chi connectivity index (χ2n) is 6.53. The van der Waals surface area contributed by atoms with Crippen molar-refractivity contribution < 1.29 is 9.90 Å². The van der Waals surface area contributed by atoms with Crippen LogP contribution in [-0.4, -0.2) is 29.0 Å². The summed E-state index contributed by atoms with van der Waals surface area (Å²) < 4.78 is 0. The van der Waals surface area contributed by atoms with Crippen LogP contribution in [-0.2, 0) is 4.79 Å². The van der Waals surface area contributed by atoms with Gasteiger partial charge in [-0.05, 0) is 43.6 Å². The van der Waals surface area contributed by atoms with Crippen LogP contribution >= 0.6 is 0 Å². The maximum Gasteiger partial charge on any atom is 0.243 e. The molecular formula is C18H22N2O2. The summed E-state index contributed by atoms with van der Waals surface area (Å²) in [7, 11) is 0. The molecule has 1 aliphatic carbocycles. The van der Waals surface area contributed by atoms with Crippen LogP contribution in [0, 0.1) is 22.7 Å². The Bertz CT molecular complexity index is 566. The molecule has 1 heterocycles. The number of rotatable bonds is 3. The molecule has 2 aliphatic rings. The Morgan fingerprint density at radius 2 is 1.91 bits per heavy atom. The van der Waals surface area contributed by atoms with E-state index in [1.165, 1.54) is 0 Å². The molecule has 1 amide bonds. The van der Waals surface area contributed by atoms with E-state index in [1.54, 1.807) is 0 Å². The molecule has 1 unspecified atom stereocenters. The van der Waals surface area contributed by atoms with E-state index in [1.807, 2.05) is 35.2 Å². The van der Waals surface area contributed by atoms with Crippen LogP contribution in [0.1, 0.15) is 43.8 Å². The first kappa shape index (κ1) is 15.1. The molecule has 2 fully saturated rings. The van der Waals surface area contributed by atoms with Gasteiger partial charge >= 0.3 is 0 Å². The maximum absolute atomic E-state index is 12.5. The van der Waals surface area contributed by atoms with E-state index in [-0.39, 0.29) is 11.8 Å². The number of amides is 1. The third-order valence-corrected chi connectivity index (χ3v) is 5.24. The molecule has 0 radical (unpaired) electrons. The summed E-state index contributed by atoms with van der Waals surface area (Å²) in [5.41, 5.74) is 0.199. The number of benzene rings is 1. The molecule has 1 saturated heterocycles. The molecule has 1 saturated carbocycles. The van der Waals surface area contributed by atoms with E-state index < -0.39 is 11.5 Å². The zero-order chi connectivity index (χ0) is 15.6.